The first-order valence-corrected chi connectivity index (χ1v) is 10.3. The number of amides is 2. The Morgan fingerprint density at radius 3 is 2.29 bits per heavy atom. The molecule has 2 aliphatic rings. The predicted octanol–water partition coefficient (Wildman–Crippen LogP) is 2.25. The van der Waals surface area contributed by atoms with Crippen molar-refractivity contribution in [3.63, 3.8) is 0 Å². The maximum absolute atomic E-state index is 13.2. The molecule has 1 aromatic carbocycles. The minimum atomic E-state index is -0.578. The van der Waals surface area contributed by atoms with Crippen LogP contribution in [-0.2, 0) is 5.41 Å². The van der Waals surface area contributed by atoms with Gasteiger partial charge < -0.3 is 14.3 Å². The average molecular weight is 417 g/mol. The van der Waals surface area contributed by atoms with E-state index in [9.17, 15) is 9.59 Å². The first-order chi connectivity index (χ1) is 15.0. The summed E-state index contributed by atoms with van der Waals surface area (Å²) in [6, 6.07) is 14.7. The molecular weight excluding hydrogens is 394 g/mol. The zero-order chi connectivity index (χ0) is 21.6. The molecule has 4 heterocycles. The zero-order valence-corrected chi connectivity index (χ0v) is 17.5. The molecule has 0 spiro atoms. The van der Waals surface area contributed by atoms with Gasteiger partial charge >= 0.3 is 0 Å². The molecule has 8 nitrogen and oxygen atoms in total. The van der Waals surface area contributed by atoms with Crippen LogP contribution in [0.5, 0.6) is 0 Å². The first kappa shape index (κ1) is 19.4. The number of fused-ring (bicyclic) bond motifs is 1. The number of aromatic nitrogens is 3. The number of carbonyl (C=O) groups is 2. The molecule has 0 radical (unpaired) electrons. The van der Waals surface area contributed by atoms with Gasteiger partial charge in [0.2, 0.25) is 5.89 Å². The van der Waals surface area contributed by atoms with Crippen LogP contribution < -0.4 is 0 Å². The molecule has 2 saturated heterocycles. The summed E-state index contributed by atoms with van der Waals surface area (Å²) >= 11 is 0. The SMILES string of the molecule is Cc1cccc(C(=O)N2CC3CN(C(=O)c4ccccc4)CC3(c3nc(C)no3)C2)n1. The van der Waals surface area contributed by atoms with E-state index >= 15 is 0 Å². The van der Waals surface area contributed by atoms with E-state index in [0.717, 1.165) is 5.69 Å². The Morgan fingerprint density at radius 2 is 1.65 bits per heavy atom. The Balaban J connectivity index is 1.45. The summed E-state index contributed by atoms with van der Waals surface area (Å²) in [6.07, 6.45) is 0. The fourth-order valence-corrected chi connectivity index (χ4v) is 4.76. The summed E-state index contributed by atoms with van der Waals surface area (Å²) in [7, 11) is 0. The van der Waals surface area contributed by atoms with Crippen molar-refractivity contribution in [3.8, 4) is 0 Å². The minimum absolute atomic E-state index is 0.00812. The summed E-state index contributed by atoms with van der Waals surface area (Å²) in [4.78, 5) is 38.8. The molecule has 0 saturated carbocycles. The lowest BCUT2D eigenvalue weighted by Gasteiger charge is -2.26. The van der Waals surface area contributed by atoms with Gasteiger partial charge in [0, 0.05) is 43.4 Å². The van der Waals surface area contributed by atoms with Crippen molar-refractivity contribution in [1.29, 1.82) is 0 Å². The number of benzene rings is 1. The number of likely N-dealkylation sites (tertiary alicyclic amines) is 2. The quantitative estimate of drug-likeness (QED) is 0.649. The van der Waals surface area contributed by atoms with Gasteiger partial charge in [-0.05, 0) is 38.1 Å². The summed E-state index contributed by atoms with van der Waals surface area (Å²) in [5.74, 6) is 0.902. The molecule has 2 aliphatic heterocycles. The number of rotatable bonds is 3. The Hall–Kier alpha value is -3.55. The van der Waals surface area contributed by atoms with Gasteiger partial charge in [0.25, 0.3) is 11.8 Å². The molecule has 2 aromatic heterocycles. The molecule has 2 amide bonds. The highest BCUT2D eigenvalue weighted by Gasteiger charge is 2.58. The van der Waals surface area contributed by atoms with Crippen LogP contribution in [0.25, 0.3) is 0 Å². The lowest BCUT2D eigenvalue weighted by Crippen LogP contribution is -2.41. The lowest BCUT2D eigenvalue weighted by molar-refractivity contribution is 0.0724. The van der Waals surface area contributed by atoms with Crippen molar-refractivity contribution in [2.45, 2.75) is 19.3 Å². The smallest absolute Gasteiger partial charge is 0.272 e. The minimum Gasteiger partial charge on any atom is -0.339 e. The maximum atomic E-state index is 13.2. The third-order valence-corrected chi connectivity index (χ3v) is 6.27. The summed E-state index contributed by atoms with van der Waals surface area (Å²) in [5.41, 5.74) is 1.29. The topological polar surface area (TPSA) is 92.4 Å². The van der Waals surface area contributed by atoms with Gasteiger partial charge in [-0.3, -0.25) is 9.59 Å². The van der Waals surface area contributed by atoms with Crippen molar-refractivity contribution >= 4 is 11.8 Å². The van der Waals surface area contributed by atoms with Crippen LogP contribution in [0.15, 0.2) is 53.1 Å². The fourth-order valence-electron chi connectivity index (χ4n) is 4.76. The number of hydrogen-bond donors (Lipinski definition) is 0. The van der Waals surface area contributed by atoms with Gasteiger partial charge in [-0.15, -0.1) is 0 Å². The molecule has 2 unspecified atom stereocenters. The maximum Gasteiger partial charge on any atom is 0.272 e. The second-order valence-corrected chi connectivity index (χ2v) is 8.40. The molecule has 2 fully saturated rings. The Kier molecular flexibility index (Phi) is 4.57. The number of hydrogen-bond acceptors (Lipinski definition) is 6. The molecule has 8 heteroatoms. The van der Waals surface area contributed by atoms with E-state index in [1.165, 1.54) is 0 Å². The third-order valence-electron chi connectivity index (χ3n) is 6.27. The highest BCUT2D eigenvalue weighted by molar-refractivity contribution is 5.95. The summed E-state index contributed by atoms with van der Waals surface area (Å²) < 4.78 is 5.59. The standard InChI is InChI=1S/C23H23N5O3/c1-15-7-6-10-19(24-15)21(30)28-12-18-11-27(20(29)17-8-4-3-5-9-17)13-23(18,14-28)22-25-16(2)26-31-22/h3-10,18H,11-14H2,1-2H3. The molecule has 0 N–H and O–H groups in total. The van der Waals surface area contributed by atoms with Crippen molar-refractivity contribution < 1.29 is 14.1 Å². The fraction of sp³-hybridized carbons (Fsp3) is 0.348. The number of nitrogens with zero attached hydrogens (tertiary/aromatic N) is 5. The average Bonchev–Trinajstić information content (AvgIpc) is 3.46. The zero-order valence-electron chi connectivity index (χ0n) is 17.5. The van der Waals surface area contributed by atoms with Crippen LogP contribution >= 0.6 is 0 Å². The van der Waals surface area contributed by atoms with E-state index in [2.05, 4.69) is 15.1 Å². The van der Waals surface area contributed by atoms with Crippen LogP contribution in [-0.4, -0.2) is 62.9 Å². The number of carbonyl (C=O) groups excluding carboxylic acids is 2. The van der Waals surface area contributed by atoms with Gasteiger partial charge in [0.15, 0.2) is 5.82 Å². The van der Waals surface area contributed by atoms with E-state index in [0.29, 0.717) is 49.2 Å². The number of pyridine rings is 1. The first-order valence-electron chi connectivity index (χ1n) is 10.3. The van der Waals surface area contributed by atoms with Crippen LogP contribution in [0, 0.1) is 19.8 Å². The number of aryl methyl sites for hydroxylation is 2. The van der Waals surface area contributed by atoms with E-state index in [-0.39, 0.29) is 17.7 Å². The van der Waals surface area contributed by atoms with Crippen LogP contribution in [0.2, 0.25) is 0 Å². The highest BCUT2D eigenvalue weighted by Crippen LogP contribution is 2.45. The molecule has 158 valence electrons. The van der Waals surface area contributed by atoms with Crippen molar-refractivity contribution in [1.82, 2.24) is 24.9 Å². The monoisotopic (exact) mass is 417 g/mol. The summed E-state index contributed by atoms with van der Waals surface area (Å²) in [6.45, 7) is 5.51. The van der Waals surface area contributed by atoms with E-state index in [1.807, 2.05) is 54.3 Å². The van der Waals surface area contributed by atoms with Crippen LogP contribution in [0.3, 0.4) is 0 Å². The molecule has 3 aromatic rings. The van der Waals surface area contributed by atoms with Crippen LogP contribution in [0.4, 0.5) is 0 Å². The van der Waals surface area contributed by atoms with E-state index in [4.69, 9.17) is 4.52 Å². The van der Waals surface area contributed by atoms with Crippen molar-refractivity contribution in [2.75, 3.05) is 26.2 Å². The highest BCUT2D eigenvalue weighted by atomic mass is 16.5. The molecule has 2 atom stereocenters. The van der Waals surface area contributed by atoms with Gasteiger partial charge in [-0.2, -0.15) is 4.98 Å². The molecule has 5 rings (SSSR count). The molecular formula is C23H23N5O3. The van der Waals surface area contributed by atoms with E-state index < -0.39 is 5.41 Å². The van der Waals surface area contributed by atoms with Crippen molar-refractivity contribution in [3.05, 3.63) is 77.2 Å². The Labute approximate surface area is 179 Å². The van der Waals surface area contributed by atoms with Gasteiger partial charge in [-0.1, -0.05) is 29.4 Å². The molecule has 31 heavy (non-hydrogen) atoms. The second-order valence-electron chi connectivity index (χ2n) is 8.40. The van der Waals surface area contributed by atoms with Crippen molar-refractivity contribution in [2.24, 2.45) is 5.92 Å². The van der Waals surface area contributed by atoms with Gasteiger partial charge in [-0.25, -0.2) is 4.98 Å². The lowest BCUT2D eigenvalue weighted by atomic mass is 9.81. The molecule has 0 aliphatic carbocycles. The van der Waals surface area contributed by atoms with E-state index in [1.54, 1.807) is 17.9 Å². The van der Waals surface area contributed by atoms with Gasteiger partial charge in [0.05, 0.1) is 5.41 Å². The van der Waals surface area contributed by atoms with Gasteiger partial charge in [0.1, 0.15) is 5.69 Å². The molecule has 0 bridgehead atoms. The summed E-state index contributed by atoms with van der Waals surface area (Å²) in [5, 5.41) is 3.98. The Bertz CT molecular complexity index is 1140. The largest absolute Gasteiger partial charge is 0.339 e. The van der Waals surface area contributed by atoms with Crippen LogP contribution in [0.1, 0.15) is 38.3 Å². The predicted molar refractivity (Wildman–Crippen MR) is 111 cm³/mol. The Morgan fingerprint density at radius 1 is 0.935 bits per heavy atom. The normalized spacial score (nSPS) is 22.6. The second kappa shape index (κ2) is 7.30. The third kappa shape index (κ3) is 3.28.